The first-order valence-corrected chi connectivity index (χ1v) is 8.43. The number of benzene rings is 2. The second-order valence-electron chi connectivity index (χ2n) is 5.66. The lowest BCUT2D eigenvalue weighted by Gasteiger charge is -2.10. The zero-order chi connectivity index (χ0) is 17.4. The molecule has 2 aromatic carbocycles. The van der Waals surface area contributed by atoms with Gasteiger partial charge in [-0.3, -0.25) is 4.79 Å². The van der Waals surface area contributed by atoms with Gasteiger partial charge in [0.15, 0.2) is 0 Å². The maximum Gasteiger partial charge on any atom is 0.220 e. The van der Waals surface area contributed by atoms with Gasteiger partial charge in [-0.2, -0.15) is 0 Å². The lowest BCUT2D eigenvalue weighted by Crippen LogP contribution is -2.25. The van der Waals surface area contributed by atoms with Crippen molar-refractivity contribution in [2.24, 2.45) is 0 Å². The molecule has 0 heterocycles. The average molecular weight is 347 g/mol. The summed E-state index contributed by atoms with van der Waals surface area (Å²) in [5, 5.41) is 3.60. The molecule has 0 aliphatic rings. The van der Waals surface area contributed by atoms with Crippen molar-refractivity contribution < 1.29 is 9.53 Å². The molecule has 0 fully saturated rings. The monoisotopic (exact) mass is 346 g/mol. The number of aryl methyl sites for hydroxylation is 2. The highest BCUT2D eigenvalue weighted by Gasteiger charge is 2.04. The molecule has 5 heteroatoms. The summed E-state index contributed by atoms with van der Waals surface area (Å²) in [5.41, 5.74) is 8.62. The number of hydrogen-bond donors (Lipinski definition) is 2. The van der Waals surface area contributed by atoms with Gasteiger partial charge in [-0.25, -0.2) is 0 Å². The molecule has 24 heavy (non-hydrogen) atoms. The van der Waals surface area contributed by atoms with E-state index < -0.39 is 0 Å². The van der Waals surface area contributed by atoms with Crippen LogP contribution in [0.3, 0.4) is 0 Å². The summed E-state index contributed by atoms with van der Waals surface area (Å²) < 4.78 is 5.69. The van der Waals surface area contributed by atoms with E-state index in [1.807, 2.05) is 43.3 Å². The number of nitrogens with one attached hydrogen (secondary N) is 1. The Hall–Kier alpha value is -2.20. The van der Waals surface area contributed by atoms with Crippen LogP contribution in [0.4, 0.5) is 5.69 Å². The van der Waals surface area contributed by atoms with Crippen LogP contribution in [0.25, 0.3) is 0 Å². The second kappa shape index (κ2) is 9.18. The van der Waals surface area contributed by atoms with Crippen LogP contribution in [-0.2, 0) is 11.2 Å². The molecule has 0 aliphatic carbocycles. The number of carbonyl (C=O) groups is 1. The molecule has 0 saturated carbocycles. The summed E-state index contributed by atoms with van der Waals surface area (Å²) in [6, 6.07) is 13.2. The number of anilines is 1. The maximum atomic E-state index is 11.8. The molecule has 0 bridgehead atoms. The summed E-state index contributed by atoms with van der Waals surface area (Å²) in [6.07, 6.45) is 1.84. The molecule has 2 rings (SSSR count). The van der Waals surface area contributed by atoms with E-state index in [0.717, 1.165) is 29.0 Å². The van der Waals surface area contributed by atoms with Gasteiger partial charge in [-0.1, -0.05) is 29.8 Å². The zero-order valence-electron chi connectivity index (χ0n) is 13.8. The van der Waals surface area contributed by atoms with Gasteiger partial charge in [0.25, 0.3) is 0 Å². The summed E-state index contributed by atoms with van der Waals surface area (Å²) in [4.78, 5) is 11.8. The normalized spacial score (nSPS) is 10.4. The van der Waals surface area contributed by atoms with Gasteiger partial charge in [0.2, 0.25) is 5.91 Å². The molecule has 4 nitrogen and oxygen atoms in total. The van der Waals surface area contributed by atoms with Crippen LogP contribution in [0.5, 0.6) is 5.75 Å². The van der Waals surface area contributed by atoms with Gasteiger partial charge in [0.05, 0.1) is 6.61 Å². The predicted octanol–water partition coefficient (Wildman–Crippen LogP) is 3.75. The van der Waals surface area contributed by atoms with Crippen molar-refractivity contribution >= 4 is 23.2 Å². The fraction of sp³-hybridized carbons (Fsp3) is 0.316. The minimum absolute atomic E-state index is 0.0286. The van der Waals surface area contributed by atoms with Crippen LogP contribution in [-0.4, -0.2) is 19.1 Å². The molecule has 0 aromatic heterocycles. The van der Waals surface area contributed by atoms with E-state index in [9.17, 15) is 4.79 Å². The van der Waals surface area contributed by atoms with Gasteiger partial charge < -0.3 is 15.8 Å². The molecule has 2 aromatic rings. The predicted molar refractivity (Wildman–Crippen MR) is 98.5 cm³/mol. The number of amides is 1. The van der Waals surface area contributed by atoms with E-state index in [4.69, 9.17) is 22.1 Å². The SMILES string of the molecule is Cc1cc(Cl)ccc1OCCCNC(=O)CCc1ccccc1N. The van der Waals surface area contributed by atoms with Crippen molar-refractivity contribution in [1.29, 1.82) is 0 Å². The minimum Gasteiger partial charge on any atom is -0.493 e. The van der Waals surface area contributed by atoms with Crippen LogP contribution in [0.2, 0.25) is 5.02 Å². The Morgan fingerprint density at radius 2 is 2.04 bits per heavy atom. The Balaban J connectivity index is 1.62. The Kier molecular flexibility index (Phi) is 6.94. The van der Waals surface area contributed by atoms with E-state index in [0.29, 0.717) is 31.0 Å². The molecule has 0 radical (unpaired) electrons. The summed E-state index contributed by atoms with van der Waals surface area (Å²) in [6.45, 7) is 3.10. The van der Waals surface area contributed by atoms with E-state index in [-0.39, 0.29) is 5.91 Å². The third-order valence-corrected chi connectivity index (χ3v) is 3.95. The van der Waals surface area contributed by atoms with E-state index in [1.165, 1.54) is 0 Å². The quantitative estimate of drug-likeness (QED) is 0.565. The Labute approximate surface area is 148 Å². The standard InChI is InChI=1S/C19H23ClN2O2/c1-14-13-16(20)8-9-18(14)24-12-4-11-22-19(23)10-7-15-5-2-3-6-17(15)21/h2-3,5-6,8-9,13H,4,7,10-12,21H2,1H3,(H,22,23). The average Bonchev–Trinajstić information content (AvgIpc) is 2.55. The first-order valence-electron chi connectivity index (χ1n) is 8.05. The van der Waals surface area contributed by atoms with Crippen LogP contribution in [0, 0.1) is 6.92 Å². The number of nitrogen functional groups attached to an aromatic ring is 1. The van der Waals surface area contributed by atoms with E-state index >= 15 is 0 Å². The number of rotatable bonds is 8. The first kappa shape index (κ1) is 18.1. The molecule has 0 spiro atoms. The fourth-order valence-electron chi connectivity index (χ4n) is 2.36. The highest BCUT2D eigenvalue weighted by atomic mass is 35.5. The molecular formula is C19H23ClN2O2. The number of hydrogen-bond acceptors (Lipinski definition) is 3. The number of halogens is 1. The van der Waals surface area contributed by atoms with Crippen molar-refractivity contribution in [3.05, 3.63) is 58.6 Å². The van der Waals surface area contributed by atoms with Crippen LogP contribution < -0.4 is 15.8 Å². The molecule has 128 valence electrons. The van der Waals surface area contributed by atoms with Gasteiger partial charge in [-0.15, -0.1) is 0 Å². The maximum absolute atomic E-state index is 11.8. The third-order valence-electron chi connectivity index (χ3n) is 3.71. The number of ether oxygens (including phenoxy) is 1. The lowest BCUT2D eigenvalue weighted by atomic mass is 10.1. The Morgan fingerprint density at radius 1 is 1.25 bits per heavy atom. The first-order chi connectivity index (χ1) is 11.6. The molecule has 0 unspecified atom stereocenters. The number of nitrogens with two attached hydrogens (primary N) is 1. The van der Waals surface area contributed by atoms with Crippen LogP contribution in [0.15, 0.2) is 42.5 Å². The Bertz CT molecular complexity index is 689. The summed E-state index contributed by atoms with van der Waals surface area (Å²) in [7, 11) is 0. The molecular weight excluding hydrogens is 324 g/mol. The van der Waals surface area contributed by atoms with Crippen molar-refractivity contribution in [3.8, 4) is 5.75 Å². The smallest absolute Gasteiger partial charge is 0.220 e. The number of para-hydroxylation sites is 1. The third kappa shape index (κ3) is 5.78. The van der Waals surface area contributed by atoms with Gasteiger partial charge >= 0.3 is 0 Å². The van der Waals surface area contributed by atoms with Crippen LogP contribution >= 0.6 is 11.6 Å². The molecule has 0 atom stereocenters. The molecule has 0 saturated heterocycles. The van der Waals surface area contributed by atoms with E-state index in [2.05, 4.69) is 5.32 Å². The number of carbonyl (C=O) groups excluding carboxylic acids is 1. The summed E-state index contributed by atoms with van der Waals surface area (Å²) >= 11 is 5.91. The lowest BCUT2D eigenvalue weighted by molar-refractivity contribution is -0.121. The largest absolute Gasteiger partial charge is 0.493 e. The molecule has 3 N–H and O–H groups in total. The van der Waals surface area contributed by atoms with Gasteiger partial charge in [0.1, 0.15) is 5.75 Å². The molecule has 0 aliphatic heterocycles. The summed E-state index contributed by atoms with van der Waals surface area (Å²) in [5.74, 6) is 0.853. The van der Waals surface area contributed by atoms with E-state index in [1.54, 1.807) is 6.07 Å². The second-order valence-corrected chi connectivity index (χ2v) is 6.10. The van der Waals surface area contributed by atoms with Gasteiger partial charge in [-0.05, 0) is 55.2 Å². The fourth-order valence-corrected chi connectivity index (χ4v) is 2.58. The van der Waals surface area contributed by atoms with Crippen LogP contribution in [0.1, 0.15) is 24.0 Å². The topological polar surface area (TPSA) is 64.3 Å². The highest BCUT2D eigenvalue weighted by Crippen LogP contribution is 2.21. The van der Waals surface area contributed by atoms with Crippen molar-refractivity contribution in [1.82, 2.24) is 5.32 Å². The van der Waals surface area contributed by atoms with Crippen molar-refractivity contribution in [2.75, 3.05) is 18.9 Å². The van der Waals surface area contributed by atoms with Crippen molar-refractivity contribution in [3.63, 3.8) is 0 Å². The van der Waals surface area contributed by atoms with Crippen molar-refractivity contribution in [2.45, 2.75) is 26.2 Å². The molecule has 1 amide bonds. The Morgan fingerprint density at radius 3 is 2.79 bits per heavy atom. The minimum atomic E-state index is 0.0286. The van der Waals surface area contributed by atoms with Gasteiger partial charge in [0, 0.05) is 23.7 Å². The zero-order valence-corrected chi connectivity index (χ0v) is 14.6. The highest BCUT2D eigenvalue weighted by molar-refractivity contribution is 6.30.